The van der Waals surface area contributed by atoms with E-state index >= 15 is 0 Å². The largest absolute Gasteiger partial charge is 0.378 e. The Morgan fingerprint density at radius 3 is 2.50 bits per heavy atom. The third kappa shape index (κ3) is 6.03. The van der Waals surface area contributed by atoms with Crippen LogP contribution in [0.3, 0.4) is 0 Å². The molecule has 2 rings (SSSR count). The molecular weight excluding hydrogens is 411 g/mol. The number of rotatable bonds is 5. The lowest BCUT2D eigenvalue weighted by atomic mass is 10.0. The molecule has 130 valence electrons. The number of benzene rings is 2. The molecule has 0 aliphatic rings. The molecule has 0 aliphatic carbocycles. The van der Waals surface area contributed by atoms with E-state index in [2.05, 4.69) is 59.4 Å². The summed E-state index contributed by atoms with van der Waals surface area (Å²) in [5, 5.41) is 3.16. The summed E-state index contributed by atoms with van der Waals surface area (Å²) in [4.78, 5) is 6.51. The van der Waals surface area contributed by atoms with Gasteiger partial charge in [-0.3, -0.25) is 0 Å². The van der Waals surface area contributed by atoms with Crippen LogP contribution in [0.15, 0.2) is 53.5 Å². The van der Waals surface area contributed by atoms with E-state index in [9.17, 15) is 0 Å². The van der Waals surface area contributed by atoms with Crippen LogP contribution in [0.4, 0.5) is 11.4 Å². The summed E-state index contributed by atoms with van der Waals surface area (Å²) in [6.45, 7) is 4.91. The number of hydrogen-bond acceptors (Lipinski definition) is 2. The molecule has 0 aliphatic heterocycles. The molecule has 0 amide bonds. The number of nitrogens with zero attached hydrogens (tertiary/aromatic N) is 2. The fourth-order valence-corrected chi connectivity index (χ4v) is 2.27. The summed E-state index contributed by atoms with van der Waals surface area (Å²) in [6, 6.07) is 16.6. The van der Waals surface area contributed by atoms with E-state index in [1.54, 1.807) is 0 Å². The Hall–Kier alpha value is -1.76. The molecule has 0 saturated heterocycles. The molecule has 0 heterocycles. The summed E-state index contributed by atoms with van der Waals surface area (Å²) < 4.78 is 0. The van der Waals surface area contributed by atoms with Gasteiger partial charge in [0.15, 0.2) is 5.96 Å². The van der Waals surface area contributed by atoms with Gasteiger partial charge in [-0.25, -0.2) is 4.99 Å². The normalized spacial score (nSPS) is 11.1. The summed E-state index contributed by atoms with van der Waals surface area (Å²) in [5.74, 6) is 0.921. The summed E-state index contributed by atoms with van der Waals surface area (Å²) in [7, 11) is 4.06. The second-order valence-electron chi connectivity index (χ2n) is 6.17. The van der Waals surface area contributed by atoms with Gasteiger partial charge in [0.25, 0.3) is 0 Å². The lowest BCUT2D eigenvalue weighted by Crippen LogP contribution is -2.22. The Kier molecular flexibility index (Phi) is 8.04. The summed E-state index contributed by atoms with van der Waals surface area (Å²) in [6.07, 6.45) is 0. The van der Waals surface area contributed by atoms with Gasteiger partial charge in [0.05, 0.1) is 6.54 Å². The van der Waals surface area contributed by atoms with E-state index < -0.39 is 0 Å². The fraction of sp³-hybridized carbons (Fsp3) is 0.316. The van der Waals surface area contributed by atoms with Gasteiger partial charge in [-0.15, -0.1) is 24.0 Å². The average molecular weight is 438 g/mol. The Bertz CT molecular complexity index is 681. The van der Waals surface area contributed by atoms with E-state index in [1.807, 2.05) is 32.3 Å². The first-order chi connectivity index (χ1) is 11.0. The first kappa shape index (κ1) is 20.3. The van der Waals surface area contributed by atoms with Crippen LogP contribution in [0, 0.1) is 0 Å². The van der Waals surface area contributed by atoms with Crippen LogP contribution in [0.1, 0.15) is 30.9 Å². The van der Waals surface area contributed by atoms with Crippen molar-refractivity contribution >= 4 is 41.3 Å². The summed E-state index contributed by atoms with van der Waals surface area (Å²) >= 11 is 0. The van der Waals surface area contributed by atoms with Gasteiger partial charge >= 0.3 is 0 Å². The SMILES string of the molecule is CC(C)c1cccc(NC(N)=NCc2cccc(N(C)C)c2)c1.I. The molecule has 3 N–H and O–H groups in total. The monoisotopic (exact) mass is 438 g/mol. The molecule has 0 radical (unpaired) electrons. The molecule has 4 nitrogen and oxygen atoms in total. The molecule has 5 heteroatoms. The van der Waals surface area contributed by atoms with Gasteiger partial charge in [0.2, 0.25) is 0 Å². The van der Waals surface area contributed by atoms with Gasteiger partial charge in [-0.2, -0.15) is 0 Å². The quantitative estimate of drug-likeness (QED) is 0.413. The van der Waals surface area contributed by atoms with Gasteiger partial charge in [-0.1, -0.05) is 38.1 Å². The number of nitrogens with one attached hydrogen (secondary N) is 1. The van der Waals surface area contributed by atoms with Crippen LogP contribution in [-0.2, 0) is 6.54 Å². The van der Waals surface area contributed by atoms with Crippen LogP contribution >= 0.6 is 24.0 Å². The fourth-order valence-electron chi connectivity index (χ4n) is 2.27. The van der Waals surface area contributed by atoms with Crippen LogP contribution in [0.2, 0.25) is 0 Å². The Morgan fingerprint density at radius 2 is 1.83 bits per heavy atom. The third-order valence-electron chi connectivity index (χ3n) is 3.68. The first-order valence-electron chi connectivity index (χ1n) is 7.89. The van der Waals surface area contributed by atoms with Crippen molar-refractivity contribution < 1.29 is 0 Å². The minimum Gasteiger partial charge on any atom is -0.378 e. The van der Waals surface area contributed by atoms with Crippen molar-refractivity contribution in [1.29, 1.82) is 0 Å². The van der Waals surface area contributed by atoms with E-state index in [4.69, 9.17) is 5.73 Å². The molecule has 24 heavy (non-hydrogen) atoms. The number of anilines is 2. The minimum atomic E-state index is 0. The maximum absolute atomic E-state index is 6.01. The maximum atomic E-state index is 6.01. The van der Waals surface area contributed by atoms with Crippen molar-refractivity contribution in [2.45, 2.75) is 26.3 Å². The lowest BCUT2D eigenvalue weighted by molar-refractivity contribution is 0.867. The molecule has 0 bridgehead atoms. The second-order valence-corrected chi connectivity index (χ2v) is 6.17. The number of hydrogen-bond donors (Lipinski definition) is 2. The molecule has 0 atom stereocenters. The first-order valence-corrected chi connectivity index (χ1v) is 7.89. The molecule has 2 aromatic carbocycles. The van der Waals surface area contributed by atoms with E-state index in [0.717, 1.165) is 16.9 Å². The van der Waals surface area contributed by atoms with Crippen molar-refractivity contribution in [2.75, 3.05) is 24.3 Å². The third-order valence-corrected chi connectivity index (χ3v) is 3.68. The highest BCUT2D eigenvalue weighted by atomic mass is 127. The lowest BCUT2D eigenvalue weighted by Gasteiger charge is -2.13. The molecule has 0 unspecified atom stereocenters. The van der Waals surface area contributed by atoms with Crippen molar-refractivity contribution in [3.8, 4) is 0 Å². The molecule has 0 saturated carbocycles. The van der Waals surface area contributed by atoms with Gasteiger partial charge in [0, 0.05) is 25.5 Å². The molecule has 0 spiro atoms. The van der Waals surface area contributed by atoms with Gasteiger partial charge in [-0.05, 0) is 41.3 Å². The highest BCUT2D eigenvalue weighted by Gasteiger charge is 2.02. The van der Waals surface area contributed by atoms with E-state index in [-0.39, 0.29) is 24.0 Å². The Morgan fingerprint density at radius 1 is 1.12 bits per heavy atom. The minimum absolute atomic E-state index is 0. The zero-order valence-corrected chi connectivity index (χ0v) is 17.1. The smallest absolute Gasteiger partial charge is 0.193 e. The predicted molar refractivity (Wildman–Crippen MR) is 116 cm³/mol. The Labute approximate surface area is 162 Å². The van der Waals surface area contributed by atoms with Crippen molar-refractivity contribution in [2.24, 2.45) is 10.7 Å². The number of guanidine groups is 1. The maximum Gasteiger partial charge on any atom is 0.193 e. The van der Waals surface area contributed by atoms with E-state index in [1.165, 1.54) is 5.56 Å². The van der Waals surface area contributed by atoms with E-state index in [0.29, 0.717) is 18.4 Å². The van der Waals surface area contributed by atoms with Crippen LogP contribution in [0.25, 0.3) is 0 Å². The van der Waals surface area contributed by atoms with Crippen molar-refractivity contribution in [3.63, 3.8) is 0 Å². The van der Waals surface area contributed by atoms with Crippen LogP contribution in [0.5, 0.6) is 0 Å². The molecule has 0 aromatic heterocycles. The van der Waals surface area contributed by atoms with Crippen molar-refractivity contribution in [3.05, 3.63) is 59.7 Å². The number of halogens is 1. The molecule has 0 fully saturated rings. The zero-order valence-electron chi connectivity index (χ0n) is 14.8. The predicted octanol–water partition coefficient (Wildman–Crippen LogP) is 4.42. The zero-order chi connectivity index (χ0) is 16.8. The highest BCUT2D eigenvalue weighted by Crippen LogP contribution is 2.18. The topological polar surface area (TPSA) is 53.6 Å². The highest BCUT2D eigenvalue weighted by molar-refractivity contribution is 14.0. The standard InChI is InChI=1S/C19H26N4.HI/c1-14(2)16-8-6-9-17(12-16)22-19(20)21-13-15-7-5-10-18(11-15)23(3)4;/h5-12,14H,13H2,1-4H3,(H3,20,21,22);1H. The number of nitrogens with two attached hydrogens (primary N) is 1. The van der Waals surface area contributed by atoms with Crippen LogP contribution < -0.4 is 16.0 Å². The van der Waals surface area contributed by atoms with Crippen molar-refractivity contribution in [1.82, 2.24) is 0 Å². The molecule has 2 aromatic rings. The van der Waals surface area contributed by atoms with Gasteiger partial charge < -0.3 is 16.0 Å². The number of aliphatic imine (C=N–C) groups is 1. The average Bonchev–Trinajstić information content (AvgIpc) is 2.53. The Balaban J connectivity index is 0.00000288. The summed E-state index contributed by atoms with van der Waals surface area (Å²) in [5.41, 5.74) is 10.6. The van der Waals surface area contributed by atoms with Gasteiger partial charge in [0.1, 0.15) is 0 Å². The second kappa shape index (κ2) is 9.52. The van der Waals surface area contributed by atoms with Crippen LogP contribution in [-0.4, -0.2) is 20.1 Å². The molecular formula is C19H27IN4.